The third kappa shape index (κ3) is 5.33. The van der Waals surface area contributed by atoms with E-state index in [-0.39, 0.29) is 43.0 Å². The molecule has 48 heavy (non-hydrogen) atoms. The van der Waals surface area contributed by atoms with Gasteiger partial charge in [0.05, 0.1) is 54.7 Å². The molecule has 12 heteroatoms. The maximum absolute atomic E-state index is 16.3. The van der Waals surface area contributed by atoms with Crippen molar-refractivity contribution in [3.05, 3.63) is 98.9 Å². The molecule has 3 aliphatic rings. The SMILES string of the molecule is C[C@@H]1[C@@H]([Si](C)(C)F)[C@H](CC(=O)N2CCC[C@H]2CO)O[C@@]12C(=O)N(Cc1ccc(-n3ncc4ccccc4c3=O)cc1)c1ccc(Br)cc12. The van der Waals surface area contributed by atoms with E-state index in [1.165, 1.54) is 4.68 Å². The number of nitrogens with zero attached hydrogens (tertiary/aromatic N) is 4. The van der Waals surface area contributed by atoms with Crippen molar-refractivity contribution in [3.63, 3.8) is 0 Å². The summed E-state index contributed by atoms with van der Waals surface area (Å²) in [6.45, 7) is 5.78. The van der Waals surface area contributed by atoms with Gasteiger partial charge in [-0.05, 0) is 67.9 Å². The van der Waals surface area contributed by atoms with E-state index in [2.05, 4.69) is 21.0 Å². The van der Waals surface area contributed by atoms with Crippen LogP contribution in [0.4, 0.5) is 9.80 Å². The summed E-state index contributed by atoms with van der Waals surface area (Å²) in [5, 5.41) is 15.5. The van der Waals surface area contributed by atoms with Crippen molar-refractivity contribution >= 4 is 52.6 Å². The zero-order valence-electron chi connectivity index (χ0n) is 27.1. The number of hydrogen-bond donors (Lipinski definition) is 1. The zero-order chi connectivity index (χ0) is 34.0. The summed E-state index contributed by atoms with van der Waals surface area (Å²) in [7, 11) is -3.46. The number of aromatic nitrogens is 2. The minimum atomic E-state index is -3.46. The number of aliphatic hydroxyl groups excluding tert-OH is 1. The number of amides is 2. The first-order valence-corrected chi connectivity index (χ1v) is 20.1. The Hall–Kier alpha value is -3.71. The van der Waals surface area contributed by atoms with Crippen LogP contribution >= 0.6 is 15.9 Å². The van der Waals surface area contributed by atoms with Gasteiger partial charge in [0.2, 0.25) is 14.3 Å². The summed E-state index contributed by atoms with van der Waals surface area (Å²) in [5.74, 6) is -0.999. The Bertz CT molecular complexity index is 1970. The van der Waals surface area contributed by atoms with Gasteiger partial charge in [-0.25, -0.2) is 0 Å². The standard InChI is InChI=1S/C36H38BrFN4O5Si/c1-22-33(48(2,3)38)31(18-32(44)40-16-6-8-27(40)21-43)47-36(22)29-17-25(37)12-15-30(29)41(35(36)46)20-23-10-13-26(14-11-23)42-34(45)28-9-5-4-7-24(28)19-39-42/h4-5,7,9-15,17,19,22,27,31,33,43H,6,8,16,18,20-21H2,1-3H3/t22-,27+,31+,33-,36+/m1/s1. The van der Waals surface area contributed by atoms with Crippen LogP contribution in [-0.2, 0) is 26.5 Å². The maximum Gasteiger partial charge on any atom is 0.279 e. The summed E-state index contributed by atoms with van der Waals surface area (Å²) in [6, 6.07) is 20.0. The summed E-state index contributed by atoms with van der Waals surface area (Å²) in [5.41, 5.74) is 0.463. The van der Waals surface area contributed by atoms with E-state index in [9.17, 15) is 19.5 Å². The molecule has 0 unspecified atom stereocenters. The number of carbonyl (C=O) groups excluding carboxylic acids is 2. The molecule has 4 aromatic rings. The monoisotopic (exact) mass is 732 g/mol. The highest BCUT2D eigenvalue weighted by atomic mass is 79.9. The number of halogens is 2. The van der Waals surface area contributed by atoms with E-state index in [1.807, 2.05) is 55.5 Å². The minimum absolute atomic E-state index is 0.0478. The van der Waals surface area contributed by atoms with Crippen LogP contribution in [0.5, 0.6) is 0 Å². The molecule has 1 spiro atoms. The molecule has 1 N–H and O–H groups in total. The minimum Gasteiger partial charge on any atom is -0.394 e. The van der Waals surface area contributed by atoms with Gasteiger partial charge < -0.3 is 23.8 Å². The Kier molecular flexibility index (Phi) is 8.42. The van der Waals surface area contributed by atoms with Crippen molar-refractivity contribution in [2.24, 2.45) is 5.92 Å². The van der Waals surface area contributed by atoms with E-state index < -0.39 is 31.6 Å². The number of ether oxygens (including phenoxy) is 1. The average Bonchev–Trinajstić information content (AvgIpc) is 3.72. The first-order chi connectivity index (χ1) is 22.9. The quantitative estimate of drug-likeness (QED) is 0.189. The predicted molar refractivity (Wildman–Crippen MR) is 187 cm³/mol. The Balaban J connectivity index is 1.21. The normalized spacial score (nSPS) is 25.4. The number of benzene rings is 3. The smallest absolute Gasteiger partial charge is 0.279 e. The van der Waals surface area contributed by atoms with Gasteiger partial charge in [-0.2, -0.15) is 9.78 Å². The highest BCUT2D eigenvalue weighted by Gasteiger charge is 2.67. The van der Waals surface area contributed by atoms with Gasteiger partial charge in [0.1, 0.15) is 0 Å². The Morgan fingerprint density at radius 2 is 1.88 bits per heavy atom. The Morgan fingerprint density at radius 1 is 1.12 bits per heavy atom. The van der Waals surface area contributed by atoms with Crippen LogP contribution < -0.4 is 10.5 Å². The summed E-state index contributed by atoms with van der Waals surface area (Å²) in [6.07, 6.45) is 2.36. The first-order valence-electron chi connectivity index (χ1n) is 16.4. The third-order valence-corrected chi connectivity index (χ3v) is 13.4. The van der Waals surface area contributed by atoms with Gasteiger partial charge in [-0.15, -0.1) is 0 Å². The lowest BCUT2D eigenvalue weighted by molar-refractivity contribution is -0.150. The van der Waals surface area contributed by atoms with Crippen molar-refractivity contribution < 1.29 is 23.5 Å². The van der Waals surface area contributed by atoms with Gasteiger partial charge >= 0.3 is 0 Å². The predicted octanol–water partition coefficient (Wildman–Crippen LogP) is 5.84. The van der Waals surface area contributed by atoms with E-state index >= 15 is 4.11 Å². The lowest BCUT2D eigenvalue weighted by atomic mass is 9.82. The van der Waals surface area contributed by atoms with Crippen LogP contribution in [0.3, 0.4) is 0 Å². The molecule has 0 bridgehead atoms. The molecular weight excluding hydrogens is 695 g/mol. The van der Waals surface area contributed by atoms with Gasteiger partial charge in [0.15, 0.2) is 5.60 Å². The van der Waals surface area contributed by atoms with Crippen molar-refractivity contribution in [2.75, 3.05) is 18.1 Å². The fourth-order valence-corrected chi connectivity index (χ4v) is 11.1. The maximum atomic E-state index is 16.3. The molecule has 4 heterocycles. The molecule has 2 fully saturated rings. The zero-order valence-corrected chi connectivity index (χ0v) is 29.7. The van der Waals surface area contributed by atoms with Crippen LogP contribution in [0.2, 0.25) is 18.6 Å². The number of rotatable bonds is 7. The first kappa shape index (κ1) is 32.8. The van der Waals surface area contributed by atoms with E-state index in [4.69, 9.17) is 4.74 Å². The Morgan fingerprint density at radius 3 is 2.60 bits per heavy atom. The molecule has 3 aliphatic heterocycles. The molecule has 2 saturated heterocycles. The summed E-state index contributed by atoms with van der Waals surface area (Å²) < 4.78 is 25.1. The highest BCUT2D eigenvalue weighted by Crippen LogP contribution is 2.60. The van der Waals surface area contributed by atoms with Gasteiger partial charge in [0.25, 0.3) is 11.5 Å². The van der Waals surface area contributed by atoms with Crippen LogP contribution in [0.1, 0.15) is 37.3 Å². The lowest BCUT2D eigenvalue weighted by Gasteiger charge is -2.31. The molecule has 0 saturated carbocycles. The number of fused-ring (bicyclic) bond motifs is 3. The molecule has 5 atom stereocenters. The van der Waals surface area contributed by atoms with Crippen molar-refractivity contribution in [2.45, 2.75) is 69.1 Å². The number of likely N-dealkylation sites (tertiary alicyclic amines) is 1. The lowest BCUT2D eigenvalue weighted by Crippen LogP contribution is -2.45. The summed E-state index contributed by atoms with van der Waals surface area (Å²) >= 11 is 3.57. The van der Waals surface area contributed by atoms with Crippen LogP contribution in [-0.4, -0.2) is 65.3 Å². The molecule has 9 nitrogen and oxygen atoms in total. The number of aliphatic hydroxyl groups is 1. The van der Waals surface area contributed by atoms with E-state index in [0.29, 0.717) is 28.9 Å². The van der Waals surface area contributed by atoms with Crippen molar-refractivity contribution in [1.29, 1.82) is 0 Å². The van der Waals surface area contributed by atoms with Crippen LogP contribution in [0.15, 0.2) is 82.2 Å². The van der Waals surface area contributed by atoms with E-state index in [0.717, 1.165) is 28.3 Å². The topological polar surface area (TPSA) is 105 Å². The van der Waals surface area contributed by atoms with Gasteiger partial charge in [-0.1, -0.05) is 53.2 Å². The van der Waals surface area contributed by atoms with Crippen molar-refractivity contribution in [3.8, 4) is 5.69 Å². The van der Waals surface area contributed by atoms with Crippen LogP contribution in [0.25, 0.3) is 16.5 Å². The van der Waals surface area contributed by atoms with E-state index in [1.54, 1.807) is 47.3 Å². The molecule has 7 rings (SSSR count). The molecular formula is C36H38BrFN4O5Si. The third-order valence-electron chi connectivity index (χ3n) is 10.4. The second kappa shape index (κ2) is 12.3. The molecule has 1 aromatic heterocycles. The molecule has 0 radical (unpaired) electrons. The molecule has 2 amide bonds. The molecule has 250 valence electrons. The average molecular weight is 734 g/mol. The Labute approximate surface area is 287 Å². The van der Waals surface area contributed by atoms with Gasteiger partial charge in [0, 0.05) is 33.4 Å². The molecule has 3 aromatic carbocycles. The largest absolute Gasteiger partial charge is 0.394 e. The molecule has 0 aliphatic carbocycles. The summed E-state index contributed by atoms with van der Waals surface area (Å²) in [4.78, 5) is 44.8. The van der Waals surface area contributed by atoms with Crippen LogP contribution in [0, 0.1) is 5.92 Å². The fourth-order valence-electron chi connectivity index (χ4n) is 8.22. The fraction of sp³-hybridized carbons (Fsp3) is 0.389. The second-order valence-electron chi connectivity index (χ2n) is 13.7. The second-order valence-corrected chi connectivity index (χ2v) is 18.4. The number of carbonyl (C=O) groups is 2. The number of hydrogen-bond acceptors (Lipinski definition) is 6. The number of anilines is 1. The highest BCUT2D eigenvalue weighted by molar-refractivity contribution is 9.10. The van der Waals surface area contributed by atoms with Gasteiger partial charge in [-0.3, -0.25) is 14.4 Å². The van der Waals surface area contributed by atoms with Crippen molar-refractivity contribution in [1.82, 2.24) is 14.7 Å².